The van der Waals surface area contributed by atoms with Crippen molar-refractivity contribution in [3.8, 4) is 11.5 Å². The van der Waals surface area contributed by atoms with Crippen molar-refractivity contribution < 1.29 is 37.7 Å². The standard InChI is InChI=1S/C45H54N4O8S/c1-5-25-56-45-41(49(3)58(52,53)40-19-11-15-31-16-12-22-46-44(31)40)28-38(48-54-4)36-26-32(14-6-8-23-50)35(18-7-9-24-51)42(43(36)45)37-27-34(20-21-39(37)57-45)55-29-33-17-10-13-30(2)47-33/h5,10-13,15-17,19-22,26-27,32,35,41-43,50-51H,1,6-9,14,18,23-25,28-29H2,2-4H3/t32-,35+,41-,42+,43+,45+/m0/s1. The molecule has 0 saturated heterocycles. The van der Waals surface area contributed by atoms with Crippen molar-refractivity contribution >= 4 is 26.6 Å². The lowest BCUT2D eigenvalue weighted by molar-refractivity contribution is -0.250. The Hall–Kier alpha value is -4.66. The molecule has 12 nitrogen and oxygen atoms in total. The molecule has 0 amide bonds. The van der Waals surface area contributed by atoms with E-state index >= 15 is 0 Å². The second-order valence-corrected chi connectivity index (χ2v) is 17.3. The molecule has 4 aromatic rings. The van der Waals surface area contributed by atoms with Gasteiger partial charge in [0.1, 0.15) is 30.1 Å². The molecule has 13 heteroatoms. The first-order valence-electron chi connectivity index (χ1n) is 20.2. The highest BCUT2D eigenvalue weighted by Gasteiger charge is 2.65. The predicted octanol–water partition coefficient (Wildman–Crippen LogP) is 7.10. The Balaban J connectivity index is 1.42. The summed E-state index contributed by atoms with van der Waals surface area (Å²) in [6, 6.07) is 19.5. The Kier molecular flexibility index (Phi) is 12.9. The van der Waals surface area contributed by atoms with Crippen LogP contribution in [0, 0.1) is 24.7 Å². The number of aliphatic hydroxyl groups excluding tert-OH is 2. The molecule has 6 atom stereocenters. The molecule has 1 fully saturated rings. The number of ether oxygens (including phenoxy) is 3. The maximum atomic E-state index is 15.0. The molecule has 3 aliphatic rings. The number of sulfonamides is 1. The van der Waals surface area contributed by atoms with Gasteiger partial charge in [-0.2, -0.15) is 4.31 Å². The average Bonchev–Trinajstić information content (AvgIpc) is 3.23. The van der Waals surface area contributed by atoms with Crippen LogP contribution in [0.3, 0.4) is 0 Å². The summed E-state index contributed by atoms with van der Waals surface area (Å²) in [4.78, 5) is 14.7. The molecule has 0 bridgehead atoms. The Labute approximate surface area is 341 Å². The van der Waals surface area contributed by atoms with Gasteiger partial charge in [0.15, 0.2) is 0 Å². The summed E-state index contributed by atoms with van der Waals surface area (Å²) in [5, 5.41) is 25.0. The first-order valence-corrected chi connectivity index (χ1v) is 21.6. The lowest BCUT2D eigenvalue weighted by atomic mass is 9.55. The summed E-state index contributed by atoms with van der Waals surface area (Å²) in [5.41, 5.74) is 4.50. The predicted molar refractivity (Wildman–Crippen MR) is 222 cm³/mol. The monoisotopic (exact) mass is 810 g/mol. The van der Waals surface area contributed by atoms with Gasteiger partial charge in [0.25, 0.3) is 0 Å². The summed E-state index contributed by atoms with van der Waals surface area (Å²) >= 11 is 0. The van der Waals surface area contributed by atoms with Crippen molar-refractivity contribution in [2.75, 3.05) is 34.0 Å². The van der Waals surface area contributed by atoms with Crippen LogP contribution < -0.4 is 9.47 Å². The van der Waals surface area contributed by atoms with Gasteiger partial charge in [0.2, 0.25) is 15.8 Å². The maximum absolute atomic E-state index is 15.0. The minimum absolute atomic E-state index is 0.0220. The Morgan fingerprint density at radius 1 is 1.03 bits per heavy atom. The minimum atomic E-state index is -4.23. The molecule has 2 aromatic heterocycles. The van der Waals surface area contributed by atoms with Gasteiger partial charge < -0.3 is 29.3 Å². The number of aromatic nitrogens is 2. The number of fused-ring (bicyclic) bond motifs is 3. The highest BCUT2D eigenvalue weighted by molar-refractivity contribution is 7.89. The van der Waals surface area contributed by atoms with E-state index in [1.165, 1.54) is 11.4 Å². The molecule has 1 saturated carbocycles. The molecule has 3 heterocycles. The molecule has 308 valence electrons. The Morgan fingerprint density at radius 3 is 2.57 bits per heavy atom. The van der Waals surface area contributed by atoms with Gasteiger partial charge in [0, 0.05) is 55.4 Å². The summed E-state index contributed by atoms with van der Waals surface area (Å²) < 4.78 is 51.9. The molecule has 0 radical (unpaired) electrons. The molecule has 2 aromatic carbocycles. The van der Waals surface area contributed by atoms with E-state index in [9.17, 15) is 18.6 Å². The second kappa shape index (κ2) is 18.1. The van der Waals surface area contributed by atoms with Crippen molar-refractivity contribution in [2.24, 2.45) is 22.9 Å². The summed E-state index contributed by atoms with van der Waals surface area (Å²) in [5.74, 6) is -1.04. The topological polar surface area (TPSA) is 153 Å². The number of hydrogen-bond acceptors (Lipinski definition) is 11. The zero-order chi connectivity index (χ0) is 40.9. The van der Waals surface area contributed by atoms with E-state index in [1.807, 2.05) is 55.5 Å². The lowest BCUT2D eigenvalue weighted by Gasteiger charge is -2.59. The van der Waals surface area contributed by atoms with E-state index < -0.39 is 27.8 Å². The highest BCUT2D eigenvalue weighted by Crippen LogP contribution is 2.62. The number of rotatable bonds is 18. The van der Waals surface area contributed by atoms with Crippen molar-refractivity contribution in [1.82, 2.24) is 14.3 Å². The van der Waals surface area contributed by atoms with E-state index in [-0.39, 0.29) is 55.5 Å². The molecular formula is C45H54N4O8S. The molecule has 58 heavy (non-hydrogen) atoms. The van der Waals surface area contributed by atoms with Crippen LogP contribution >= 0.6 is 0 Å². The van der Waals surface area contributed by atoms with Gasteiger partial charge in [0.05, 0.1) is 35.5 Å². The lowest BCUT2D eigenvalue weighted by Crippen LogP contribution is -2.69. The minimum Gasteiger partial charge on any atom is -0.487 e. The van der Waals surface area contributed by atoms with Gasteiger partial charge >= 0.3 is 0 Å². The molecule has 1 aliphatic heterocycles. The number of benzene rings is 2. The first kappa shape index (κ1) is 41.5. The molecule has 0 unspecified atom stereocenters. The number of pyridine rings is 2. The van der Waals surface area contributed by atoms with Crippen LogP contribution in [0.4, 0.5) is 0 Å². The maximum Gasteiger partial charge on any atom is 0.245 e. The van der Waals surface area contributed by atoms with Crippen LogP contribution in [0.5, 0.6) is 11.5 Å². The number of oxime groups is 1. The largest absolute Gasteiger partial charge is 0.487 e. The number of nitrogens with zero attached hydrogens (tertiary/aromatic N) is 4. The normalized spacial score (nSPS) is 24.5. The van der Waals surface area contributed by atoms with Crippen molar-refractivity contribution in [3.05, 3.63) is 114 Å². The number of hydrogen-bond donors (Lipinski definition) is 2. The van der Waals surface area contributed by atoms with Gasteiger partial charge in [-0.15, -0.1) is 6.58 Å². The molecule has 2 N–H and O–H groups in total. The number of aliphatic hydroxyl groups is 2. The molecule has 7 rings (SSSR count). The zero-order valence-electron chi connectivity index (χ0n) is 33.5. The average molecular weight is 811 g/mol. The van der Waals surface area contributed by atoms with Gasteiger partial charge in [-0.1, -0.05) is 54.4 Å². The number of para-hydroxylation sites is 1. The van der Waals surface area contributed by atoms with E-state index in [2.05, 4.69) is 27.8 Å². The van der Waals surface area contributed by atoms with E-state index in [4.69, 9.17) is 19.0 Å². The van der Waals surface area contributed by atoms with Crippen molar-refractivity contribution in [1.29, 1.82) is 0 Å². The highest BCUT2D eigenvalue weighted by atomic mass is 32.2. The van der Waals surface area contributed by atoms with Crippen LogP contribution in [0.15, 0.2) is 107 Å². The number of unbranched alkanes of at least 4 members (excludes halogenated alkanes) is 2. The van der Waals surface area contributed by atoms with Gasteiger partial charge in [-0.05, 0) is 92.5 Å². The number of allylic oxidation sites excluding steroid dienone is 1. The third-order valence-corrected chi connectivity index (χ3v) is 13.8. The fraction of sp³-hybridized carbons (Fsp3) is 0.444. The smallest absolute Gasteiger partial charge is 0.245 e. The van der Waals surface area contributed by atoms with Gasteiger partial charge in [-0.25, -0.2) is 8.42 Å². The fourth-order valence-electron chi connectivity index (χ4n) is 9.35. The zero-order valence-corrected chi connectivity index (χ0v) is 34.3. The Bertz CT molecular complexity index is 2260. The van der Waals surface area contributed by atoms with E-state index in [0.717, 1.165) is 48.2 Å². The van der Waals surface area contributed by atoms with Crippen LogP contribution in [-0.2, 0) is 26.2 Å². The van der Waals surface area contributed by atoms with Crippen molar-refractivity contribution in [3.63, 3.8) is 0 Å². The summed E-state index contributed by atoms with van der Waals surface area (Å²) in [6.45, 7) is 6.46. The van der Waals surface area contributed by atoms with Crippen LogP contribution in [0.2, 0.25) is 0 Å². The fourth-order valence-corrected chi connectivity index (χ4v) is 10.9. The van der Waals surface area contributed by atoms with E-state index in [0.29, 0.717) is 41.0 Å². The number of likely N-dealkylation sites (N-methyl/N-ethyl adjacent to an activating group) is 1. The SMILES string of the molecule is C=CCO[C@@]12Oc3ccc(OCc4cccc(C)n4)cc3[C@H]3[C@H](CCCCO)[C@@H](CCCCO)C=C(C(=NOC)C[C@@H]1N(C)S(=O)(=O)c1cccc4cccnc14)[C@H]32. The molecule has 0 spiro atoms. The van der Waals surface area contributed by atoms with Gasteiger partial charge in [-0.3, -0.25) is 9.97 Å². The summed E-state index contributed by atoms with van der Waals surface area (Å²) in [6.07, 6.45) is 10.1. The quantitative estimate of drug-likeness (QED) is 0.0605. The Morgan fingerprint density at radius 2 is 1.81 bits per heavy atom. The van der Waals surface area contributed by atoms with Crippen LogP contribution in [0.25, 0.3) is 10.9 Å². The third-order valence-electron chi connectivity index (χ3n) is 11.9. The van der Waals surface area contributed by atoms with E-state index in [1.54, 1.807) is 37.5 Å². The summed E-state index contributed by atoms with van der Waals surface area (Å²) in [7, 11) is -1.16. The number of aryl methyl sites for hydroxylation is 1. The molecule has 2 aliphatic carbocycles. The second-order valence-electron chi connectivity index (χ2n) is 15.4. The third kappa shape index (κ3) is 8.02. The first-order chi connectivity index (χ1) is 28.2. The molecular weight excluding hydrogens is 757 g/mol. The van der Waals surface area contributed by atoms with Crippen LogP contribution in [-0.4, -0.2) is 84.4 Å². The van der Waals surface area contributed by atoms with Crippen molar-refractivity contribution in [2.45, 2.75) is 81.1 Å². The van der Waals surface area contributed by atoms with Crippen LogP contribution in [0.1, 0.15) is 67.8 Å².